The molecule has 1 unspecified atom stereocenters. The lowest BCUT2D eigenvalue weighted by Crippen LogP contribution is -2.26. The van der Waals surface area contributed by atoms with E-state index in [-0.39, 0.29) is 6.04 Å². The minimum absolute atomic E-state index is 0.169. The molecular formula is C15H20BrN3. The van der Waals surface area contributed by atoms with E-state index >= 15 is 0 Å². The highest BCUT2D eigenvalue weighted by Gasteiger charge is 2.21. The Hall–Kier alpha value is -1.13. The third-order valence-electron chi connectivity index (χ3n) is 3.31. The van der Waals surface area contributed by atoms with Crippen molar-refractivity contribution in [3.05, 3.63) is 51.8 Å². The summed E-state index contributed by atoms with van der Waals surface area (Å²) in [4.78, 5) is 0. The van der Waals surface area contributed by atoms with E-state index < -0.39 is 0 Å². The molecule has 2 aromatic rings. The summed E-state index contributed by atoms with van der Waals surface area (Å²) in [6, 6.07) is 8.67. The highest BCUT2D eigenvalue weighted by atomic mass is 79.9. The second kappa shape index (κ2) is 6.35. The van der Waals surface area contributed by atoms with Gasteiger partial charge in [-0.25, -0.2) is 0 Å². The lowest BCUT2D eigenvalue weighted by atomic mass is 9.98. The van der Waals surface area contributed by atoms with Gasteiger partial charge in [0.15, 0.2) is 0 Å². The first-order valence-electron chi connectivity index (χ1n) is 6.61. The van der Waals surface area contributed by atoms with Crippen LogP contribution in [0.1, 0.15) is 36.2 Å². The number of nitrogens with zero attached hydrogens (tertiary/aromatic N) is 2. The fourth-order valence-electron chi connectivity index (χ4n) is 2.30. The molecule has 0 aliphatic rings. The molecule has 4 heteroatoms. The predicted molar refractivity (Wildman–Crippen MR) is 82.2 cm³/mol. The second-order valence-electron chi connectivity index (χ2n) is 4.75. The highest BCUT2D eigenvalue weighted by molar-refractivity contribution is 9.10. The van der Waals surface area contributed by atoms with Crippen LogP contribution >= 0.6 is 15.9 Å². The Bertz CT molecular complexity index is 529. The van der Waals surface area contributed by atoms with Crippen molar-refractivity contribution in [2.75, 3.05) is 6.54 Å². The molecular weight excluding hydrogens is 302 g/mol. The molecule has 19 heavy (non-hydrogen) atoms. The summed E-state index contributed by atoms with van der Waals surface area (Å²) in [5.41, 5.74) is 3.77. The molecule has 1 aromatic carbocycles. The number of benzene rings is 1. The van der Waals surface area contributed by atoms with Gasteiger partial charge in [-0.15, -0.1) is 0 Å². The lowest BCUT2D eigenvalue weighted by molar-refractivity contribution is 0.550. The van der Waals surface area contributed by atoms with Crippen LogP contribution in [0.4, 0.5) is 0 Å². The Morgan fingerprint density at radius 2 is 2.11 bits per heavy atom. The smallest absolute Gasteiger partial charge is 0.0762 e. The van der Waals surface area contributed by atoms with Gasteiger partial charge in [0.2, 0.25) is 0 Å². The van der Waals surface area contributed by atoms with Gasteiger partial charge in [0, 0.05) is 7.05 Å². The fourth-order valence-corrected chi connectivity index (χ4v) is 2.88. The van der Waals surface area contributed by atoms with Crippen molar-refractivity contribution in [3.63, 3.8) is 0 Å². The van der Waals surface area contributed by atoms with Crippen LogP contribution in [0, 0.1) is 6.92 Å². The summed E-state index contributed by atoms with van der Waals surface area (Å²) in [6.07, 6.45) is 2.96. The summed E-state index contributed by atoms with van der Waals surface area (Å²) in [5, 5.41) is 7.95. The van der Waals surface area contributed by atoms with Gasteiger partial charge in [-0.3, -0.25) is 4.68 Å². The molecule has 0 fully saturated rings. The maximum atomic E-state index is 4.33. The van der Waals surface area contributed by atoms with E-state index in [9.17, 15) is 0 Å². The molecule has 2 rings (SSSR count). The monoisotopic (exact) mass is 321 g/mol. The van der Waals surface area contributed by atoms with Crippen molar-refractivity contribution < 1.29 is 0 Å². The van der Waals surface area contributed by atoms with Gasteiger partial charge < -0.3 is 5.32 Å². The number of halogens is 1. The zero-order valence-corrected chi connectivity index (χ0v) is 13.2. The van der Waals surface area contributed by atoms with Crippen LogP contribution in [0.15, 0.2) is 34.9 Å². The highest BCUT2D eigenvalue weighted by Crippen LogP contribution is 2.29. The van der Waals surface area contributed by atoms with Gasteiger partial charge in [0.1, 0.15) is 0 Å². The van der Waals surface area contributed by atoms with E-state index in [4.69, 9.17) is 0 Å². The maximum Gasteiger partial charge on any atom is 0.0762 e. The molecule has 0 aliphatic carbocycles. The van der Waals surface area contributed by atoms with Gasteiger partial charge in [0.05, 0.1) is 22.4 Å². The van der Waals surface area contributed by atoms with Crippen molar-refractivity contribution in [2.45, 2.75) is 26.3 Å². The third kappa shape index (κ3) is 3.07. The van der Waals surface area contributed by atoms with Crippen LogP contribution in [0.5, 0.6) is 0 Å². The predicted octanol–water partition coefficient (Wildman–Crippen LogP) is 3.58. The van der Waals surface area contributed by atoms with Crippen LogP contribution in [-0.2, 0) is 7.05 Å². The number of hydrogen-bond acceptors (Lipinski definition) is 2. The van der Waals surface area contributed by atoms with E-state index in [0.29, 0.717) is 0 Å². The molecule has 3 nitrogen and oxygen atoms in total. The standard InChI is InChI=1S/C15H20BrN3/c1-4-9-17-14(12-8-6-5-7-11(12)2)15-13(16)10-18-19(15)3/h5-8,10,14,17H,4,9H2,1-3H3. The average Bonchev–Trinajstić information content (AvgIpc) is 2.73. The van der Waals surface area contributed by atoms with Crippen molar-refractivity contribution in [3.8, 4) is 0 Å². The zero-order chi connectivity index (χ0) is 13.8. The number of aryl methyl sites for hydroxylation is 2. The summed E-state index contributed by atoms with van der Waals surface area (Å²) >= 11 is 3.61. The molecule has 0 radical (unpaired) electrons. The normalized spacial score (nSPS) is 12.6. The van der Waals surface area contributed by atoms with E-state index in [1.54, 1.807) is 0 Å². The van der Waals surface area contributed by atoms with Crippen LogP contribution in [0.2, 0.25) is 0 Å². The molecule has 0 bridgehead atoms. The van der Waals surface area contributed by atoms with Crippen LogP contribution in [0.3, 0.4) is 0 Å². The summed E-state index contributed by atoms with van der Waals surface area (Å²) in [5.74, 6) is 0. The largest absolute Gasteiger partial charge is 0.305 e. The minimum atomic E-state index is 0.169. The van der Waals surface area contributed by atoms with E-state index in [0.717, 1.165) is 17.4 Å². The van der Waals surface area contributed by atoms with E-state index in [1.807, 2.05) is 17.9 Å². The Labute approximate surface area is 123 Å². The lowest BCUT2D eigenvalue weighted by Gasteiger charge is -2.22. The fraction of sp³-hybridized carbons (Fsp3) is 0.400. The Kier molecular flexibility index (Phi) is 4.77. The topological polar surface area (TPSA) is 29.9 Å². The van der Waals surface area contributed by atoms with Crippen molar-refractivity contribution >= 4 is 15.9 Å². The van der Waals surface area contributed by atoms with E-state index in [1.165, 1.54) is 16.8 Å². The summed E-state index contributed by atoms with van der Waals surface area (Å²) in [7, 11) is 1.99. The third-order valence-corrected chi connectivity index (χ3v) is 3.92. The first kappa shape index (κ1) is 14.3. The number of rotatable bonds is 5. The Morgan fingerprint density at radius 1 is 1.37 bits per heavy atom. The van der Waals surface area contributed by atoms with Gasteiger partial charge in [-0.1, -0.05) is 31.2 Å². The van der Waals surface area contributed by atoms with Crippen LogP contribution in [0.25, 0.3) is 0 Å². The molecule has 1 heterocycles. The Morgan fingerprint density at radius 3 is 2.68 bits per heavy atom. The van der Waals surface area contributed by atoms with Crippen molar-refractivity contribution in [1.82, 2.24) is 15.1 Å². The number of nitrogens with one attached hydrogen (secondary N) is 1. The van der Waals surface area contributed by atoms with Crippen LogP contribution in [-0.4, -0.2) is 16.3 Å². The van der Waals surface area contributed by atoms with Gasteiger partial charge in [0.25, 0.3) is 0 Å². The first-order valence-corrected chi connectivity index (χ1v) is 7.40. The minimum Gasteiger partial charge on any atom is -0.305 e. The Balaban J connectivity index is 2.45. The van der Waals surface area contributed by atoms with Gasteiger partial charge in [-0.05, 0) is 46.9 Å². The molecule has 102 valence electrons. The van der Waals surface area contributed by atoms with Crippen LogP contribution < -0.4 is 5.32 Å². The average molecular weight is 322 g/mol. The molecule has 1 atom stereocenters. The van der Waals surface area contributed by atoms with Crippen molar-refractivity contribution in [2.24, 2.45) is 7.05 Å². The summed E-state index contributed by atoms with van der Waals surface area (Å²) < 4.78 is 2.98. The molecule has 0 aliphatic heterocycles. The van der Waals surface area contributed by atoms with Gasteiger partial charge >= 0.3 is 0 Å². The zero-order valence-electron chi connectivity index (χ0n) is 11.7. The molecule has 0 spiro atoms. The molecule has 0 saturated carbocycles. The number of hydrogen-bond donors (Lipinski definition) is 1. The quantitative estimate of drug-likeness (QED) is 0.912. The molecule has 1 N–H and O–H groups in total. The number of aromatic nitrogens is 2. The van der Waals surface area contributed by atoms with Crippen molar-refractivity contribution in [1.29, 1.82) is 0 Å². The second-order valence-corrected chi connectivity index (χ2v) is 5.60. The van der Waals surface area contributed by atoms with Gasteiger partial charge in [-0.2, -0.15) is 5.10 Å². The SMILES string of the molecule is CCCNC(c1ccccc1C)c1c(Br)cnn1C. The maximum absolute atomic E-state index is 4.33. The first-order chi connectivity index (χ1) is 9.15. The molecule has 0 amide bonds. The molecule has 0 saturated heterocycles. The molecule has 1 aromatic heterocycles. The van der Waals surface area contributed by atoms with E-state index in [2.05, 4.69) is 64.5 Å². The summed E-state index contributed by atoms with van der Waals surface area (Å²) in [6.45, 7) is 5.32.